The molecule has 0 radical (unpaired) electrons. The molecule has 1 atom stereocenters. The van der Waals surface area contributed by atoms with Crippen LogP contribution >= 0.6 is 0 Å². The SMILES string of the molecule is COC[C@H]1c2ccc(OCc3ccc(C)cc3)cc2CCN1C(=O)OC(C)(C)C. The number of aryl methyl sites for hydroxylation is 1. The van der Waals surface area contributed by atoms with E-state index >= 15 is 0 Å². The molecule has 0 saturated heterocycles. The molecule has 0 unspecified atom stereocenters. The molecule has 0 bridgehead atoms. The van der Waals surface area contributed by atoms with Crippen molar-refractivity contribution in [1.82, 2.24) is 4.90 Å². The number of hydrogen-bond donors (Lipinski definition) is 0. The third-order valence-corrected chi connectivity index (χ3v) is 4.95. The second-order valence-electron chi connectivity index (χ2n) is 8.53. The summed E-state index contributed by atoms with van der Waals surface area (Å²) in [4.78, 5) is 14.5. The van der Waals surface area contributed by atoms with E-state index in [1.165, 1.54) is 11.1 Å². The van der Waals surface area contributed by atoms with Crippen LogP contribution < -0.4 is 4.74 Å². The Balaban J connectivity index is 1.74. The Morgan fingerprint density at radius 1 is 1.14 bits per heavy atom. The van der Waals surface area contributed by atoms with Crippen LogP contribution in [0.4, 0.5) is 4.79 Å². The van der Waals surface area contributed by atoms with Crippen molar-refractivity contribution in [3.63, 3.8) is 0 Å². The highest BCUT2D eigenvalue weighted by Crippen LogP contribution is 2.33. The van der Waals surface area contributed by atoms with Crippen LogP contribution in [0.3, 0.4) is 0 Å². The largest absolute Gasteiger partial charge is 0.489 e. The lowest BCUT2D eigenvalue weighted by Gasteiger charge is -2.37. The second-order valence-corrected chi connectivity index (χ2v) is 8.53. The maximum atomic E-state index is 12.7. The van der Waals surface area contributed by atoms with Gasteiger partial charge in [-0.15, -0.1) is 0 Å². The van der Waals surface area contributed by atoms with Crippen LogP contribution in [0.15, 0.2) is 42.5 Å². The molecule has 1 aliphatic rings. The van der Waals surface area contributed by atoms with Gasteiger partial charge in [-0.25, -0.2) is 4.79 Å². The van der Waals surface area contributed by atoms with Crippen molar-refractivity contribution in [3.8, 4) is 5.75 Å². The Hall–Kier alpha value is -2.53. The Kier molecular flexibility index (Phi) is 6.48. The minimum Gasteiger partial charge on any atom is -0.489 e. The molecule has 5 heteroatoms. The first kappa shape index (κ1) is 21.2. The average molecular weight is 398 g/mol. The summed E-state index contributed by atoms with van der Waals surface area (Å²) in [6.45, 7) is 9.27. The van der Waals surface area contributed by atoms with Gasteiger partial charge in [-0.1, -0.05) is 35.9 Å². The fourth-order valence-electron chi connectivity index (χ4n) is 3.51. The first-order valence-electron chi connectivity index (χ1n) is 10.1. The molecular weight excluding hydrogens is 366 g/mol. The minimum atomic E-state index is -0.525. The lowest BCUT2D eigenvalue weighted by molar-refractivity contribution is 0.00323. The number of carbonyl (C=O) groups excluding carboxylic acids is 1. The predicted molar refractivity (Wildman–Crippen MR) is 113 cm³/mol. The third-order valence-electron chi connectivity index (χ3n) is 4.95. The number of nitrogens with zero attached hydrogens (tertiary/aromatic N) is 1. The van der Waals surface area contributed by atoms with Crippen LogP contribution in [-0.4, -0.2) is 36.9 Å². The van der Waals surface area contributed by atoms with Gasteiger partial charge < -0.3 is 14.2 Å². The first-order chi connectivity index (χ1) is 13.8. The Morgan fingerprint density at radius 2 is 1.86 bits per heavy atom. The summed E-state index contributed by atoms with van der Waals surface area (Å²) >= 11 is 0. The molecule has 0 saturated carbocycles. The quantitative estimate of drug-likeness (QED) is 0.708. The molecule has 156 valence electrons. The van der Waals surface area contributed by atoms with E-state index < -0.39 is 5.60 Å². The van der Waals surface area contributed by atoms with Gasteiger partial charge in [0.05, 0.1) is 12.6 Å². The van der Waals surface area contributed by atoms with Crippen molar-refractivity contribution >= 4 is 6.09 Å². The molecule has 1 aliphatic heterocycles. The molecule has 2 aromatic rings. The summed E-state index contributed by atoms with van der Waals surface area (Å²) in [5.41, 5.74) is 4.13. The molecule has 0 N–H and O–H groups in total. The highest BCUT2D eigenvalue weighted by molar-refractivity contribution is 5.69. The van der Waals surface area contributed by atoms with E-state index in [1.807, 2.05) is 32.9 Å². The molecule has 0 fully saturated rings. The van der Waals surface area contributed by atoms with Gasteiger partial charge in [-0.3, -0.25) is 4.90 Å². The van der Waals surface area contributed by atoms with Crippen LogP contribution in [0.25, 0.3) is 0 Å². The van der Waals surface area contributed by atoms with E-state index in [0.717, 1.165) is 23.3 Å². The summed E-state index contributed by atoms with van der Waals surface area (Å²) in [5, 5.41) is 0. The standard InChI is InChI=1S/C24H31NO4/c1-17-6-8-18(9-7-17)15-28-20-10-11-21-19(14-20)12-13-25(22(21)16-27-5)23(26)29-24(2,3)4/h6-11,14,22H,12-13,15-16H2,1-5H3/t22-/m0/s1. The number of rotatable bonds is 5. The summed E-state index contributed by atoms with van der Waals surface area (Å²) in [6, 6.07) is 14.3. The lowest BCUT2D eigenvalue weighted by Crippen LogP contribution is -2.44. The Labute approximate surface area is 173 Å². The number of amides is 1. The van der Waals surface area contributed by atoms with E-state index in [-0.39, 0.29) is 12.1 Å². The highest BCUT2D eigenvalue weighted by atomic mass is 16.6. The van der Waals surface area contributed by atoms with Gasteiger partial charge in [0.25, 0.3) is 0 Å². The molecule has 2 aromatic carbocycles. The zero-order chi connectivity index (χ0) is 21.0. The molecule has 1 amide bonds. The minimum absolute atomic E-state index is 0.162. The van der Waals surface area contributed by atoms with Gasteiger partial charge in [0.2, 0.25) is 0 Å². The third kappa shape index (κ3) is 5.51. The van der Waals surface area contributed by atoms with Crippen LogP contribution in [0.2, 0.25) is 0 Å². The predicted octanol–water partition coefficient (Wildman–Crippen LogP) is 5.05. The number of benzene rings is 2. The summed E-state index contributed by atoms with van der Waals surface area (Å²) < 4.78 is 17.0. The second kappa shape index (κ2) is 8.87. The van der Waals surface area contributed by atoms with Crippen molar-refractivity contribution < 1.29 is 19.0 Å². The molecule has 5 nitrogen and oxygen atoms in total. The fraction of sp³-hybridized carbons (Fsp3) is 0.458. The molecule has 29 heavy (non-hydrogen) atoms. The van der Waals surface area contributed by atoms with Crippen LogP contribution in [0.5, 0.6) is 5.75 Å². The number of fused-ring (bicyclic) bond motifs is 1. The first-order valence-corrected chi connectivity index (χ1v) is 10.1. The van der Waals surface area contributed by atoms with E-state index in [4.69, 9.17) is 14.2 Å². The Morgan fingerprint density at radius 3 is 2.52 bits per heavy atom. The number of methoxy groups -OCH3 is 1. The summed E-state index contributed by atoms with van der Waals surface area (Å²) in [6.07, 6.45) is 0.459. The molecular formula is C24H31NO4. The van der Waals surface area contributed by atoms with Crippen molar-refractivity contribution in [3.05, 3.63) is 64.7 Å². The van der Waals surface area contributed by atoms with E-state index in [2.05, 4.69) is 37.3 Å². The van der Waals surface area contributed by atoms with Gasteiger partial charge in [-0.2, -0.15) is 0 Å². The smallest absolute Gasteiger partial charge is 0.410 e. The zero-order valence-electron chi connectivity index (χ0n) is 18.0. The zero-order valence-corrected chi connectivity index (χ0v) is 18.0. The topological polar surface area (TPSA) is 48.0 Å². The van der Waals surface area contributed by atoms with Crippen molar-refractivity contribution in [1.29, 1.82) is 0 Å². The summed E-state index contributed by atoms with van der Waals surface area (Å²) in [5.74, 6) is 0.839. The molecule has 3 rings (SSSR count). The van der Waals surface area contributed by atoms with Gasteiger partial charge >= 0.3 is 6.09 Å². The lowest BCUT2D eigenvalue weighted by atomic mass is 9.93. The maximum absolute atomic E-state index is 12.7. The molecule has 0 spiro atoms. The van der Waals surface area contributed by atoms with Crippen LogP contribution in [-0.2, 0) is 22.5 Å². The van der Waals surface area contributed by atoms with Gasteiger partial charge in [0.15, 0.2) is 0 Å². The van der Waals surface area contributed by atoms with E-state index in [0.29, 0.717) is 19.8 Å². The fourth-order valence-corrected chi connectivity index (χ4v) is 3.51. The van der Waals surface area contributed by atoms with Gasteiger partial charge in [-0.05, 0) is 62.9 Å². The van der Waals surface area contributed by atoms with Crippen molar-refractivity contribution in [2.24, 2.45) is 0 Å². The number of ether oxygens (including phenoxy) is 3. The van der Waals surface area contributed by atoms with Crippen LogP contribution in [0, 0.1) is 6.92 Å². The molecule has 1 heterocycles. The molecule has 0 aliphatic carbocycles. The number of hydrogen-bond acceptors (Lipinski definition) is 4. The molecule has 0 aromatic heterocycles. The number of carbonyl (C=O) groups is 1. The van der Waals surface area contributed by atoms with E-state index in [9.17, 15) is 4.79 Å². The van der Waals surface area contributed by atoms with Crippen LogP contribution in [0.1, 0.15) is 49.1 Å². The van der Waals surface area contributed by atoms with Crippen molar-refractivity contribution in [2.45, 2.75) is 52.4 Å². The monoisotopic (exact) mass is 397 g/mol. The van der Waals surface area contributed by atoms with E-state index in [1.54, 1.807) is 12.0 Å². The maximum Gasteiger partial charge on any atom is 0.410 e. The van der Waals surface area contributed by atoms with Crippen molar-refractivity contribution in [2.75, 3.05) is 20.3 Å². The van der Waals surface area contributed by atoms with Gasteiger partial charge in [0, 0.05) is 13.7 Å². The Bertz CT molecular complexity index is 839. The normalized spacial score (nSPS) is 16.3. The van der Waals surface area contributed by atoms with Gasteiger partial charge in [0.1, 0.15) is 18.0 Å². The average Bonchev–Trinajstić information content (AvgIpc) is 2.66. The summed E-state index contributed by atoms with van der Waals surface area (Å²) in [7, 11) is 1.65. The highest BCUT2D eigenvalue weighted by Gasteiger charge is 2.33.